The van der Waals surface area contributed by atoms with Gasteiger partial charge in [-0.3, -0.25) is 9.59 Å². The third-order valence-corrected chi connectivity index (χ3v) is 3.45. The van der Waals surface area contributed by atoms with Crippen LogP contribution in [0.5, 0.6) is 5.88 Å². The molecule has 19 heavy (non-hydrogen) atoms. The summed E-state index contributed by atoms with van der Waals surface area (Å²) in [6.07, 6.45) is 1.11. The van der Waals surface area contributed by atoms with Crippen LogP contribution in [-0.4, -0.2) is 41.8 Å². The molecule has 0 radical (unpaired) electrons. The Balaban J connectivity index is 1.99. The zero-order valence-corrected chi connectivity index (χ0v) is 12.1. The minimum atomic E-state index is -0.318. The summed E-state index contributed by atoms with van der Waals surface area (Å²) in [7, 11) is 1.56. The van der Waals surface area contributed by atoms with Crippen molar-refractivity contribution in [1.82, 2.24) is 20.4 Å². The summed E-state index contributed by atoms with van der Waals surface area (Å²) in [4.78, 5) is 23.0. The summed E-state index contributed by atoms with van der Waals surface area (Å²) < 4.78 is 7.68. The molecular weight excluding hydrogens is 316 g/mol. The maximum Gasteiger partial charge on any atom is 0.273 e. The SMILES string of the molecule is CNC(=O)CCNC(=O)c1nn2c(c1Br)OCCC2. The third-order valence-electron chi connectivity index (χ3n) is 2.74. The number of halogens is 1. The van der Waals surface area contributed by atoms with E-state index in [2.05, 4.69) is 31.7 Å². The molecule has 0 fully saturated rings. The van der Waals surface area contributed by atoms with E-state index in [1.807, 2.05) is 0 Å². The highest BCUT2D eigenvalue weighted by Crippen LogP contribution is 2.31. The van der Waals surface area contributed by atoms with Crippen LogP contribution in [0.1, 0.15) is 23.3 Å². The highest BCUT2D eigenvalue weighted by atomic mass is 79.9. The average Bonchev–Trinajstić information content (AvgIpc) is 2.76. The molecule has 8 heteroatoms. The van der Waals surface area contributed by atoms with Gasteiger partial charge in [0.25, 0.3) is 5.91 Å². The van der Waals surface area contributed by atoms with E-state index in [1.165, 1.54) is 0 Å². The summed E-state index contributed by atoms with van der Waals surface area (Å²) in [5.74, 6) is 0.149. The largest absolute Gasteiger partial charge is 0.477 e. The second-order valence-electron chi connectivity index (χ2n) is 4.07. The number of nitrogens with zero attached hydrogens (tertiary/aromatic N) is 2. The molecule has 2 heterocycles. The van der Waals surface area contributed by atoms with Crippen molar-refractivity contribution in [3.63, 3.8) is 0 Å². The number of aryl methyl sites for hydroxylation is 1. The van der Waals surface area contributed by atoms with E-state index < -0.39 is 0 Å². The molecule has 0 atom stereocenters. The van der Waals surface area contributed by atoms with Gasteiger partial charge in [0, 0.05) is 33.0 Å². The Morgan fingerprint density at radius 3 is 3.00 bits per heavy atom. The Kier molecular flexibility index (Phi) is 4.41. The van der Waals surface area contributed by atoms with E-state index in [4.69, 9.17) is 4.74 Å². The number of amides is 2. The average molecular weight is 331 g/mol. The van der Waals surface area contributed by atoms with Gasteiger partial charge in [-0.2, -0.15) is 5.10 Å². The second kappa shape index (κ2) is 6.05. The molecule has 1 aliphatic heterocycles. The molecule has 0 aromatic carbocycles. The van der Waals surface area contributed by atoms with Gasteiger partial charge in [-0.25, -0.2) is 4.68 Å². The molecule has 1 aromatic rings. The number of fused-ring (bicyclic) bond motifs is 1. The highest BCUT2D eigenvalue weighted by molar-refractivity contribution is 9.10. The lowest BCUT2D eigenvalue weighted by Gasteiger charge is -2.14. The van der Waals surface area contributed by atoms with Crippen LogP contribution in [0.2, 0.25) is 0 Å². The van der Waals surface area contributed by atoms with Gasteiger partial charge < -0.3 is 15.4 Å². The van der Waals surface area contributed by atoms with Gasteiger partial charge in [0.1, 0.15) is 4.47 Å². The molecule has 2 N–H and O–H groups in total. The van der Waals surface area contributed by atoms with Crippen LogP contribution in [0.15, 0.2) is 4.47 Å². The fourth-order valence-corrected chi connectivity index (χ4v) is 2.32. The van der Waals surface area contributed by atoms with Crippen LogP contribution in [0.4, 0.5) is 0 Å². The van der Waals surface area contributed by atoms with E-state index >= 15 is 0 Å². The molecule has 104 valence electrons. The van der Waals surface area contributed by atoms with Gasteiger partial charge >= 0.3 is 0 Å². The Bertz CT molecular complexity index is 500. The summed E-state index contributed by atoms with van der Waals surface area (Å²) in [6, 6.07) is 0. The highest BCUT2D eigenvalue weighted by Gasteiger charge is 2.24. The first-order valence-corrected chi connectivity index (χ1v) is 6.80. The van der Waals surface area contributed by atoms with Crippen LogP contribution in [0.3, 0.4) is 0 Å². The van der Waals surface area contributed by atoms with Gasteiger partial charge in [-0.15, -0.1) is 0 Å². The Morgan fingerprint density at radius 2 is 2.32 bits per heavy atom. The monoisotopic (exact) mass is 330 g/mol. The molecule has 0 unspecified atom stereocenters. The first-order chi connectivity index (χ1) is 9.13. The van der Waals surface area contributed by atoms with Crippen LogP contribution in [0, 0.1) is 0 Å². The Labute approximate surface area is 118 Å². The van der Waals surface area contributed by atoms with Crippen LogP contribution in [0.25, 0.3) is 0 Å². The molecule has 2 amide bonds. The van der Waals surface area contributed by atoms with E-state index in [0.717, 1.165) is 13.0 Å². The molecule has 0 saturated carbocycles. The van der Waals surface area contributed by atoms with Crippen molar-refractivity contribution >= 4 is 27.7 Å². The topological polar surface area (TPSA) is 85.3 Å². The lowest BCUT2D eigenvalue weighted by Crippen LogP contribution is -2.29. The summed E-state index contributed by atoms with van der Waals surface area (Å²) in [5, 5.41) is 9.34. The second-order valence-corrected chi connectivity index (χ2v) is 4.86. The van der Waals surface area contributed by atoms with Gasteiger partial charge in [-0.1, -0.05) is 0 Å². The predicted molar refractivity (Wildman–Crippen MR) is 71.1 cm³/mol. The first-order valence-electron chi connectivity index (χ1n) is 6.01. The van der Waals surface area contributed by atoms with Crippen molar-refractivity contribution in [2.75, 3.05) is 20.2 Å². The number of ether oxygens (including phenoxy) is 1. The first kappa shape index (κ1) is 13.9. The van der Waals surface area contributed by atoms with Gasteiger partial charge in [0.2, 0.25) is 11.8 Å². The van der Waals surface area contributed by atoms with E-state index in [-0.39, 0.29) is 30.5 Å². The van der Waals surface area contributed by atoms with E-state index in [0.29, 0.717) is 17.0 Å². The minimum Gasteiger partial charge on any atom is -0.477 e. The Morgan fingerprint density at radius 1 is 1.53 bits per heavy atom. The van der Waals surface area contributed by atoms with Crippen molar-refractivity contribution < 1.29 is 14.3 Å². The standard InChI is InChI=1S/C11H15BrN4O3/c1-13-7(17)3-4-14-10(18)9-8(12)11-16(15-9)5-2-6-19-11/h2-6H2,1H3,(H,13,17)(H,14,18). The number of carbonyl (C=O) groups excluding carboxylic acids is 2. The molecule has 0 spiro atoms. The lowest BCUT2D eigenvalue weighted by atomic mass is 10.3. The van der Waals surface area contributed by atoms with Crippen molar-refractivity contribution in [1.29, 1.82) is 0 Å². The van der Waals surface area contributed by atoms with Crippen molar-refractivity contribution in [2.24, 2.45) is 0 Å². The minimum absolute atomic E-state index is 0.119. The van der Waals surface area contributed by atoms with Crippen molar-refractivity contribution in [3.05, 3.63) is 10.2 Å². The number of hydrogen-bond donors (Lipinski definition) is 2. The zero-order valence-electron chi connectivity index (χ0n) is 10.5. The fraction of sp³-hybridized carbons (Fsp3) is 0.545. The number of carbonyl (C=O) groups is 2. The number of rotatable bonds is 4. The molecule has 0 saturated heterocycles. The molecule has 0 bridgehead atoms. The van der Waals surface area contributed by atoms with Gasteiger partial charge in [0.05, 0.1) is 6.61 Å². The van der Waals surface area contributed by atoms with Crippen molar-refractivity contribution in [2.45, 2.75) is 19.4 Å². The quantitative estimate of drug-likeness (QED) is 0.831. The summed E-state index contributed by atoms with van der Waals surface area (Å²) >= 11 is 3.32. The van der Waals surface area contributed by atoms with E-state index in [9.17, 15) is 9.59 Å². The van der Waals surface area contributed by atoms with Crippen LogP contribution < -0.4 is 15.4 Å². The lowest BCUT2D eigenvalue weighted by molar-refractivity contribution is -0.120. The predicted octanol–water partition coefficient (Wildman–Crippen LogP) is 0.294. The van der Waals surface area contributed by atoms with Crippen molar-refractivity contribution in [3.8, 4) is 5.88 Å². The third kappa shape index (κ3) is 3.06. The number of hydrogen-bond acceptors (Lipinski definition) is 4. The maximum absolute atomic E-state index is 11.9. The number of nitrogens with one attached hydrogen (secondary N) is 2. The van der Waals surface area contributed by atoms with Gasteiger partial charge in [0.15, 0.2) is 5.69 Å². The molecule has 1 aliphatic rings. The summed E-state index contributed by atoms with van der Waals surface area (Å²) in [5.41, 5.74) is 0.286. The van der Waals surface area contributed by atoms with E-state index in [1.54, 1.807) is 11.7 Å². The fourth-order valence-electron chi connectivity index (χ4n) is 1.74. The molecule has 2 rings (SSSR count). The maximum atomic E-state index is 11.9. The summed E-state index contributed by atoms with van der Waals surface area (Å²) in [6.45, 7) is 1.63. The molecule has 7 nitrogen and oxygen atoms in total. The normalized spacial score (nSPS) is 13.4. The number of aromatic nitrogens is 2. The molecule has 1 aromatic heterocycles. The molecular formula is C11H15BrN4O3. The van der Waals surface area contributed by atoms with Crippen LogP contribution in [-0.2, 0) is 11.3 Å². The molecule has 0 aliphatic carbocycles. The smallest absolute Gasteiger partial charge is 0.273 e. The van der Waals surface area contributed by atoms with Crippen LogP contribution >= 0.6 is 15.9 Å². The Hall–Kier alpha value is -1.57. The van der Waals surface area contributed by atoms with Gasteiger partial charge in [-0.05, 0) is 15.9 Å². The zero-order chi connectivity index (χ0) is 13.8.